The van der Waals surface area contributed by atoms with Gasteiger partial charge in [0.2, 0.25) is 0 Å². The fraction of sp³-hybridized carbons (Fsp3) is 0.692. The molecule has 2 aliphatic rings. The summed E-state index contributed by atoms with van der Waals surface area (Å²) in [6.07, 6.45) is 4.39. The van der Waals surface area contributed by atoms with Crippen molar-refractivity contribution in [3.63, 3.8) is 0 Å². The van der Waals surface area contributed by atoms with Gasteiger partial charge in [0, 0.05) is 15.4 Å². The van der Waals surface area contributed by atoms with Crippen LogP contribution in [0, 0.1) is 17.8 Å². The van der Waals surface area contributed by atoms with Gasteiger partial charge in [-0.1, -0.05) is 6.92 Å². The molecule has 3 unspecified atom stereocenters. The van der Waals surface area contributed by atoms with Crippen LogP contribution in [0.15, 0.2) is 14.3 Å². The Morgan fingerprint density at radius 1 is 1.35 bits per heavy atom. The summed E-state index contributed by atoms with van der Waals surface area (Å²) in [6.45, 7) is 3.27. The molecule has 0 aliphatic heterocycles. The van der Waals surface area contributed by atoms with Gasteiger partial charge in [0.05, 0.1) is 3.79 Å². The highest BCUT2D eigenvalue weighted by atomic mass is 79.9. The minimum atomic E-state index is 0.570. The molecule has 1 nitrogen and oxygen atoms in total. The van der Waals surface area contributed by atoms with Crippen LogP contribution in [0.1, 0.15) is 37.1 Å². The van der Waals surface area contributed by atoms with Crippen LogP contribution >= 0.6 is 43.2 Å². The molecule has 3 rings (SSSR count). The summed E-state index contributed by atoms with van der Waals surface area (Å²) in [6, 6.07) is 2.85. The molecule has 4 heteroatoms. The van der Waals surface area contributed by atoms with Crippen molar-refractivity contribution in [2.75, 3.05) is 6.54 Å². The molecule has 0 saturated heterocycles. The first-order chi connectivity index (χ1) is 8.19. The Morgan fingerprint density at radius 2 is 2.06 bits per heavy atom. The van der Waals surface area contributed by atoms with Crippen molar-refractivity contribution in [2.45, 2.75) is 32.2 Å². The van der Waals surface area contributed by atoms with Gasteiger partial charge in [-0.3, -0.25) is 0 Å². The molecule has 0 spiro atoms. The van der Waals surface area contributed by atoms with Crippen LogP contribution in [0.2, 0.25) is 0 Å². The lowest BCUT2D eigenvalue weighted by molar-refractivity contribution is 0.351. The van der Waals surface area contributed by atoms with Gasteiger partial charge in [-0.2, -0.15) is 0 Å². The van der Waals surface area contributed by atoms with Crippen LogP contribution in [0.25, 0.3) is 0 Å². The summed E-state index contributed by atoms with van der Waals surface area (Å²) in [5.41, 5.74) is 0. The summed E-state index contributed by atoms with van der Waals surface area (Å²) in [5, 5.41) is 3.69. The van der Waals surface area contributed by atoms with Crippen LogP contribution in [0.4, 0.5) is 0 Å². The van der Waals surface area contributed by atoms with Gasteiger partial charge in [0.25, 0.3) is 0 Å². The van der Waals surface area contributed by atoms with Crippen molar-refractivity contribution in [3.8, 4) is 0 Å². The van der Waals surface area contributed by atoms with Crippen molar-refractivity contribution < 1.29 is 0 Å². The lowest BCUT2D eigenvalue weighted by atomic mass is 9.93. The summed E-state index contributed by atoms with van der Waals surface area (Å²) in [4.78, 5) is 1.48. The maximum Gasteiger partial charge on any atom is 0.0843 e. The minimum absolute atomic E-state index is 0.570. The second-order valence-corrected chi connectivity index (χ2v) is 8.55. The lowest BCUT2D eigenvalue weighted by Crippen LogP contribution is -2.26. The van der Waals surface area contributed by atoms with Gasteiger partial charge in [-0.15, -0.1) is 11.3 Å². The molecule has 1 aromatic heterocycles. The first kappa shape index (κ1) is 12.6. The number of hydrogen-bond acceptors (Lipinski definition) is 2. The maximum absolute atomic E-state index is 3.69. The van der Waals surface area contributed by atoms with Crippen LogP contribution in [0.3, 0.4) is 0 Å². The Hall–Kier alpha value is 0.620. The predicted molar refractivity (Wildman–Crippen MR) is 80.5 cm³/mol. The van der Waals surface area contributed by atoms with Crippen molar-refractivity contribution >= 4 is 43.2 Å². The molecule has 2 saturated carbocycles. The number of rotatable bonds is 4. The fourth-order valence-electron chi connectivity index (χ4n) is 3.27. The van der Waals surface area contributed by atoms with Crippen LogP contribution in [-0.4, -0.2) is 6.54 Å². The molecule has 1 aromatic rings. The van der Waals surface area contributed by atoms with Crippen LogP contribution in [-0.2, 0) is 0 Å². The van der Waals surface area contributed by atoms with Crippen molar-refractivity contribution in [1.29, 1.82) is 0 Å². The standard InChI is InChI=1S/C13H17Br2NS/c1-2-16-12(9-4-7-3-8(7)5-9)11-6-10(14)13(15)17-11/h6-9,12,16H,2-5H2,1H3. The van der Waals surface area contributed by atoms with Gasteiger partial charge in [0.15, 0.2) is 0 Å². The number of halogens is 2. The van der Waals surface area contributed by atoms with Crippen molar-refractivity contribution in [1.82, 2.24) is 5.32 Å². The summed E-state index contributed by atoms with van der Waals surface area (Å²) in [5.74, 6) is 2.98. The quantitative estimate of drug-likeness (QED) is 0.779. The third-order valence-corrected chi connectivity index (χ3v) is 7.49. The van der Waals surface area contributed by atoms with E-state index in [1.54, 1.807) is 0 Å². The van der Waals surface area contributed by atoms with E-state index < -0.39 is 0 Å². The second kappa shape index (κ2) is 4.95. The van der Waals surface area contributed by atoms with E-state index in [0.29, 0.717) is 6.04 Å². The zero-order valence-electron chi connectivity index (χ0n) is 9.88. The minimum Gasteiger partial charge on any atom is -0.309 e. The SMILES string of the molecule is CCNC(c1cc(Br)c(Br)s1)C1CC2CC2C1. The molecule has 0 amide bonds. The zero-order chi connectivity index (χ0) is 12.0. The van der Waals surface area contributed by atoms with E-state index in [9.17, 15) is 0 Å². The Kier molecular flexibility index (Phi) is 3.68. The monoisotopic (exact) mass is 377 g/mol. The van der Waals surface area contributed by atoms with Crippen LogP contribution in [0.5, 0.6) is 0 Å². The highest BCUT2D eigenvalue weighted by molar-refractivity contribution is 9.13. The number of nitrogens with one attached hydrogen (secondary N) is 1. The first-order valence-electron chi connectivity index (χ1n) is 6.37. The van der Waals surface area contributed by atoms with E-state index in [0.717, 1.165) is 24.3 Å². The van der Waals surface area contributed by atoms with Gasteiger partial charge < -0.3 is 5.32 Å². The highest BCUT2D eigenvalue weighted by Gasteiger charge is 2.48. The first-order valence-corrected chi connectivity index (χ1v) is 8.77. The molecule has 17 heavy (non-hydrogen) atoms. The van der Waals surface area contributed by atoms with E-state index in [1.165, 1.54) is 32.4 Å². The molecular weight excluding hydrogens is 362 g/mol. The molecule has 2 fully saturated rings. The zero-order valence-corrected chi connectivity index (χ0v) is 13.9. The smallest absolute Gasteiger partial charge is 0.0843 e. The highest BCUT2D eigenvalue weighted by Crippen LogP contribution is 2.57. The Balaban J connectivity index is 1.79. The summed E-state index contributed by atoms with van der Waals surface area (Å²) < 4.78 is 2.42. The molecule has 0 bridgehead atoms. The van der Waals surface area contributed by atoms with Gasteiger partial charge >= 0.3 is 0 Å². The molecule has 2 aliphatic carbocycles. The predicted octanol–water partition coefficient (Wildman–Crippen LogP) is 4.97. The molecule has 0 radical (unpaired) electrons. The number of thiophene rings is 1. The summed E-state index contributed by atoms with van der Waals surface area (Å²) in [7, 11) is 0. The molecular formula is C13H17Br2NS. The van der Waals surface area contributed by atoms with E-state index >= 15 is 0 Å². The third-order valence-electron chi connectivity index (χ3n) is 4.15. The van der Waals surface area contributed by atoms with E-state index in [2.05, 4.69) is 50.2 Å². The molecule has 1 N–H and O–H groups in total. The van der Waals surface area contributed by atoms with Crippen molar-refractivity contribution in [3.05, 3.63) is 19.2 Å². The average Bonchev–Trinajstić information content (AvgIpc) is 2.76. The van der Waals surface area contributed by atoms with E-state index in [1.807, 2.05) is 11.3 Å². The van der Waals surface area contributed by atoms with Crippen LogP contribution < -0.4 is 5.32 Å². The maximum atomic E-state index is 3.69. The normalized spacial score (nSPS) is 32.5. The lowest BCUT2D eigenvalue weighted by Gasteiger charge is -2.24. The van der Waals surface area contributed by atoms with Gasteiger partial charge in [-0.05, 0) is 81.5 Å². The molecule has 3 atom stereocenters. The summed E-state index contributed by atoms with van der Waals surface area (Å²) >= 11 is 9.08. The molecule has 0 aromatic carbocycles. The van der Waals surface area contributed by atoms with Gasteiger partial charge in [-0.25, -0.2) is 0 Å². The largest absolute Gasteiger partial charge is 0.309 e. The molecule has 1 heterocycles. The Labute approximate surface area is 124 Å². The fourth-order valence-corrected chi connectivity index (χ4v) is 5.53. The third kappa shape index (κ3) is 2.51. The van der Waals surface area contributed by atoms with E-state index in [4.69, 9.17) is 0 Å². The number of hydrogen-bond donors (Lipinski definition) is 1. The topological polar surface area (TPSA) is 12.0 Å². The Bertz CT molecular complexity index is 388. The van der Waals surface area contributed by atoms with Crippen molar-refractivity contribution in [2.24, 2.45) is 17.8 Å². The number of fused-ring (bicyclic) bond motifs is 1. The second-order valence-electron chi connectivity index (χ2n) is 5.29. The average molecular weight is 379 g/mol. The van der Waals surface area contributed by atoms with Gasteiger partial charge in [0.1, 0.15) is 0 Å². The Morgan fingerprint density at radius 3 is 2.59 bits per heavy atom. The molecule has 94 valence electrons. The van der Waals surface area contributed by atoms with E-state index in [-0.39, 0.29) is 0 Å².